The maximum absolute atomic E-state index is 11.4. The first-order valence-corrected chi connectivity index (χ1v) is 7.20. The molecule has 0 amide bonds. The molecule has 0 atom stereocenters. The number of hydrogen-bond acceptors (Lipinski definition) is 6. The van der Waals surface area contributed by atoms with Crippen molar-refractivity contribution in [2.75, 3.05) is 53.3 Å². The van der Waals surface area contributed by atoms with Crippen molar-refractivity contribution in [3.8, 4) is 0 Å². The van der Waals surface area contributed by atoms with Crippen LogP contribution in [0.4, 0.5) is 0 Å². The molecule has 0 spiro atoms. The van der Waals surface area contributed by atoms with Gasteiger partial charge in [0.1, 0.15) is 6.61 Å². The maximum atomic E-state index is 11.4. The summed E-state index contributed by atoms with van der Waals surface area (Å²) in [4.78, 5) is 11.4. The number of esters is 1. The second kappa shape index (κ2) is 14.7. The molecule has 0 aliphatic heterocycles. The molecule has 20 heavy (non-hydrogen) atoms. The summed E-state index contributed by atoms with van der Waals surface area (Å²) in [6.07, 6.45) is 1.24. The predicted octanol–water partition coefficient (Wildman–Crippen LogP) is 0.987. The van der Waals surface area contributed by atoms with E-state index in [-0.39, 0.29) is 5.97 Å². The molecule has 0 unspecified atom stereocenters. The molecule has 0 heterocycles. The number of nitrogens with one attached hydrogen (secondary N) is 1. The van der Waals surface area contributed by atoms with Crippen LogP contribution in [0.15, 0.2) is 0 Å². The Morgan fingerprint density at radius 1 is 1.00 bits per heavy atom. The standard InChI is InChI=1S/C14H29NO5/c1-13(2)15-6-4-5-14(16)20-12-11-19-10-9-18-8-7-17-3/h13,15H,4-12H2,1-3H3. The summed E-state index contributed by atoms with van der Waals surface area (Å²) < 4.78 is 20.4. The minimum Gasteiger partial charge on any atom is -0.463 e. The van der Waals surface area contributed by atoms with E-state index in [1.165, 1.54) is 0 Å². The molecule has 0 aromatic carbocycles. The second-order valence-corrected chi connectivity index (χ2v) is 4.65. The van der Waals surface area contributed by atoms with Gasteiger partial charge < -0.3 is 24.3 Å². The Labute approximate surface area is 122 Å². The normalized spacial score (nSPS) is 11.0. The Kier molecular flexibility index (Phi) is 14.2. The summed E-state index contributed by atoms with van der Waals surface area (Å²) in [5.74, 6) is -0.171. The highest BCUT2D eigenvalue weighted by molar-refractivity contribution is 5.69. The molecule has 6 heteroatoms. The highest BCUT2D eigenvalue weighted by atomic mass is 16.6. The van der Waals surface area contributed by atoms with Crippen LogP contribution in [-0.2, 0) is 23.7 Å². The van der Waals surface area contributed by atoms with Gasteiger partial charge in [0.2, 0.25) is 0 Å². The lowest BCUT2D eigenvalue weighted by atomic mass is 10.3. The summed E-state index contributed by atoms with van der Waals surface area (Å²) in [6, 6.07) is 0.450. The molecule has 0 radical (unpaired) electrons. The average Bonchev–Trinajstić information content (AvgIpc) is 2.41. The first-order valence-electron chi connectivity index (χ1n) is 7.20. The van der Waals surface area contributed by atoms with Gasteiger partial charge >= 0.3 is 5.97 Å². The monoisotopic (exact) mass is 291 g/mol. The van der Waals surface area contributed by atoms with Crippen molar-refractivity contribution in [1.29, 1.82) is 0 Å². The number of hydrogen-bond donors (Lipinski definition) is 1. The Balaban J connectivity index is 3.15. The summed E-state index contributed by atoms with van der Waals surface area (Å²) >= 11 is 0. The average molecular weight is 291 g/mol. The zero-order valence-electron chi connectivity index (χ0n) is 13.0. The van der Waals surface area contributed by atoms with E-state index >= 15 is 0 Å². The number of methoxy groups -OCH3 is 1. The fourth-order valence-corrected chi connectivity index (χ4v) is 1.37. The molecule has 6 nitrogen and oxygen atoms in total. The summed E-state index contributed by atoms with van der Waals surface area (Å²) in [5.41, 5.74) is 0. The lowest BCUT2D eigenvalue weighted by Crippen LogP contribution is -2.24. The molecule has 1 N–H and O–H groups in total. The Bertz CT molecular complexity index is 224. The van der Waals surface area contributed by atoms with Gasteiger partial charge in [0.05, 0.1) is 33.0 Å². The van der Waals surface area contributed by atoms with E-state index in [1.54, 1.807) is 7.11 Å². The molecular formula is C14H29NO5. The van der Waals surface area contributed by atoms with Gasteiger partial charge in [-0.1, -0.05) is 13.8 Å². The lowest BCUT2D eigenvalue weighted by Gasteiger charge is -2.08. The Morgan fingerprint density at radius 3 is 2.20 bits per heavy atom. The smallest absolute Gasteiger partial charge is 0.305 e. The van der Waals surface area contributed by atoms with Crippen molar-refractivity contribution in [3.63, 3.8) is 0 Å². The van der Waals surface area contributed by atoms with E-state index in [0.29, 0.717) is 52.1 Å². The largest absolute Gasteiger partial charge is 0.463 e. The SMILES string of the molecule is COCCOCCOCCOC(=O)CCCNC(C)C. The molecule has 0 fully saturated rings. The number of carbonyl (C=O) groups excluding carboxylic acids is 1. The summed E-state index contributed by atoms with van der Waals surface area (Å²) in [5, 5.41) is 3.25. The minimum atomic E-state index is -0.171. The fraction of sp³-hybridized carbons (Fsp3) is 0.929. The van der Waals surface area contributed by atoms with Gasteiger partial charge in [0, 0.05) is 19.6 Å². The maximum Gasteiger partial charge on any atom is 0.305 e. The van der Waals surface area contributed by atoms with Crippen molar-refractivity contribution < 1.29 is 23.7 Å². The van der Waals surface area contributed by atoms with E-state index in [2.05, 4.69) is 19.2 Å². The van der Waals surface area contributed by atoms with Crippen molar-refractivity contribution in [2.45, 2.75) is 32.7 Å². The fourth-order valence-electron chi connectivity index (χ4n) is 1.37. The van der Waals surface area contributed by atoms with Crippen LogP contribution in [0, 0.1) is 0 Å². The van der Waals surface area contributed by atoms with E-state index in [9.17, 15) is 4.79 Å². The molecule has 0 bridgehead atoms. The van der Waals surface area contributed by atoms with Crippen molar-refractivity contribution >= 4 is 5.97 Å². The zero-order valence-corrected chi connectivity index (χ0v) is 13.0. The van der Waals surface area contributed by atoms with Crippen LogP contribution in [0.25, 0.3) is 0 Å². The first kappa shape index (κ1) is 19.3. The molecule has 0 aromatic heterocycles. The molecule has 0 saturated carbocycles. The van der Waals surface area contributed by atoms with E-state index in [0.717, 1.165) is 13.0 Å². The van der Waals surface area contributed by atoms with Gasteiger partial charge in [0.15, 0.2) is 0 Å². The minimum absolute atomic E-state index is 0.171. The molecule has 0 saturated heterocycles. The third-order valence-electron chi connectivity index (χ3n) is 2.40. The quantitative estimate of drug-likeness (QED) is 0.380. The van der Waals surface area contributed by atoms with Crippen molar-refractivity contribution in [1.82, 2.24) is 5.32 Å². The van der Waals surface area contributed by atoms with Crippen LogP contribution in [0.3, 0.4) is 0 Å². The molecule has 0 aromatic rings. The van der Waals surface area contributed by atoms with E-state index in [4.69, 9.17) is 18.9 Å². The second-order valence-electron chi connectivity index (χ2n) is 4.65. The molecule has 0 aliphatic carbocycles. The lowest BCUT2D eigenvalue weighted by molar-refractivity contribution is -0.145. The highest BCUT2D eigenvalue weighted by Gasteiger charge is 2.02. The van der Waals surface area contributed by atoms with Crippen LogP contribution in [-0.4, -0.2) is 65.3 Å². The molecule has 0 aliphatic rings. The van der Waals surface area contributed by atoms with Crippen LogP contribution in [0.2, 0.25) is 0 Å². The van der Waals surface area contributed by atoms with Gasteiger partial charge in [-0.3, -0.25) is 4.79 Å². The summed E-state index contributed by atoms with van der Waals surface area (Å²) in [6.45, 7) is 7.88. The number of rotatable bonds is 14. The van der Waals surface area contributed by atoms with Crippen LogP contribution < -0.4 is 5.32 Å². The number of carbonyl (C=O) groups is 1. The van der Waals surface area contributed by atoms with Gasteiger partial charge in [-0.05, 0) is 13.0 Å². The van der Waals surface area contributed by atoms with Gasteiger partial charge in [0.25, 0.3) is 0 Å². The third kappa shape index (κ3) is 15.4. The van der Waals surface area contributed by atoms with E-state index < -0.39 is 0 Å². The van der Waals surface area contributed by atoms with Crippen LogP contribution in [0.1, 0.15) is 26.7 Å². The molecule has 0 rings (SSSR count). The van der Waals surface area contributed by atoms with Crippen LogP contribution in [0.5, 0.6) is 0 Å². The zero-order chi connectivity index (χ0) is 15.1. The van der Waals surface area contributed by atoms with E-state index in [1.807, 2.05) is 0 Å². The predicted molar refractivity (Wildman–Crippen MR) is 76.8 cm³/mol. The van der Waals surface area contributed by atoms with Gasteiger partial charge in [-0.15, -0.1) is 0 Å². The number of ether oxygens (including phenoxy) is 4. The molecule has 120 valence electrons. The Morgan fingerprint density at radius 2 is 1.60 bits per heavy atom. The molecular weight excluding hydrogens is 262 g/mol. The van der Waals surface area contributed by atoms with Crippen molar-refractivity contribution in [3.05, 3.63) is 0 Å². The topological polar surface area (TPSA) is 66.0 Å². The highest BCUT2D eigenvalue weighted by Crippen LogP contribution is 1.93. The van der Waals surface area contributed by atoms with Crippen molar-refractivity contribution in [2.24, 2.45) is 0 Å². The third-order valence-corrected chi connectivity index (χ3v) is 2.40. The summed E-state index contributed by atoms with van der Waals surface area (Å²) in [7, 11) is 1.63. The Hall–Kier alpha value is -0.690. The van der Waals surface area contributed by atoms with Gasteiger partial charge in [-0.25, -0.2) is 0 Å². The van der Waals surface area contributed by atoms with Crippen LogP contribution >= 0.6 is 0 Å². The first-order chi connectivity index (χ1) is 9.66. The van der Waals surface area contributed by atoms with Gasteiger partial charge in [-0.2, -0.15) is 0 Å².